The van der Waals surface area contributed by atoms with Crippen molar-refractivity contribution in [1.29, 1.82) is 0 Å². The summed E-state index contributed by atoms with van der Waals surface area (Å²) in [5.74, 6) is -1.60. The van der Waals surface area contributed by atoms with E-state index in [4.69, 9.17) is 0 Å². The molecule has 0 saturated heterocycles. The summed E-state index contributed by atoms with van der Waals surface area (Å²) in [5, 5.41) is 17.1. The lowest BCUT2D eigenvalue weighted by Gasteiger charge is -2.43. The van der Waals surface area contributed by atoms with Crippen LogP contribution in [0.4, 0.5) is 19.3 Å². The fraction of sp³-hybridized carbons (Fsp3) is 0.318. The first-order chi connectivity index (χ1) is 14.2. The minimum Gasteiger partial charge on any atom is -0.453 e. The van der Waals surface area contributed by atoms with Gasteiger partial charge in [-0.05, 0) is 32.4 Å². The maximum absolute atomic E-state index is 15.9. The van der Waals surface area contributed by atoms with Crippen molar-refractivity contribution in [2.45, 2.75) is 38.5 Å². The van der Waals surface area contributed by atoms with Crippen molar-refractivity contribution in [2.24, 2.45) is 0 Å². The van der Waals surface area contributed by atoms with E-state index in [-0.39, 0.29) is 16.8 Å². The first kappa shape index (κ1) is 20.2. The van der Waals surface area contributed by atoms with Gasteiger partial charge in [-0.2, -0.15) is 0 Å². The van der Waals surface area contributed by atoms with Crippen LogP contribution in [0.15, 0.2) is 30.5 Å². The second kappa shape index (κ2) is 6.98. The monoisotopic (exact) mass is 415 g/mol. The highest BCUT2D eigenvalue weighted by Gasteiger charge is 2.44. The Hall–Kier alpha value is -3.13. The topological polar surface area (TPSA) is 86.4 Å². The number of anilines is 1. The van der Waals surface area contributed by atoms with E-state index in [0.717, 1.165) is 10.9 Å². The average molecular weight is 415 g/mol. The number of aryl methyl sites for hydroxylation is 1. The third-order valence-electron chi connectivity index (χ3n) is 5.73. The Bertz CT molecular complexity index is 1160. The van der Waals surface area contributed by atoms with Crippen LogP contribution in [0.3, 0.4) is 0 Å². The molecule has 158 valence electrons. The Morgan fingerprint density at radius 2 is 2.03 bits per heavy atom. The number of halogens is 2. The van der Waals surface area contributed by atoms with Crippen molar-refractivity contribution in [3.8, 4) is 11.1 Å². The number of hydrogen-bond donors (Lipinski definition) is 4. The molecule has 6 nitrogen and oxygen atoms in total. The predicted molar refractivity (Wildman–Crippen MR) is 110 cm³/mol. The minimum absolute atomic E-state index is 0.0242. The predicted octanol–water partition coefficient (Wildman–Crippen LogP) is 4.38. The van der Waals surface area contributed by atoms with Gasteiger partial charge in [0.05, 0.1) is 29.8 Å². The van der Waals surface area contributed by atoms with E-state index < -0.39 is 35.4 Å². The number of methoxy groups -OCH3 is 1. The Labute approximate surface area is 172 Å². The lowest BCUT2D eigenvalue weighted by atomic mass is 9.81. The van der Waals surface area contributed by atoms with Crippen LogP contribution in [0.1, 0.15) is 31.0 Å². The van der Waals surface area contributed by atoms with Crippen molar-refractivity contribution in [2.75, 3.05) is 12.4 Å². The Balaban J connectivity index is 1.97. The van der Waals surface area contributed by atoms with Gasteiger partial charge in [0.15, 0.2) is 0 Å². The molecule has 1 aromatic heterocycles. The lowest BCUT2D eigenvalue weighted by molar-refractivity contribution is 0.0639. The van der Waals surface area contributed by atoms with Gasteiger partial charge >= 0.3 is 6.09 Å². The summed E-state index contributed by atoms with van der Waals surface area (Å²) in [6.07, 6.45) is -0.242. The van der Waals surface area contributed by atoms with Gasteiger partial charge in [-0.1, -0.05) is 18.2 Å². The maximum atomic E-state index is 15.9. The molecule has 1 amide bonds. The molecular weight excluding hydrogens is 392 g/mol. The molecule has 8 heteroatoms. The van der Waals surface area contributed by atoms with Gasteiger partial charge in [0.2, 0.25) is 0 Å². The summed E-state index contributed by atoms with van der Waals surface area (Å²) >= 11 is 0. The first-order valence-corrected chi connectivity index (χ1v) is 9.55. The second-order valence-electron chi connectivity index (χ2n) is 8.11. The van der Waals surface area contributed by atoms with E-state index in [1.54, 1.807) is 32.2 Å². The molecule has 0 aliphatic carbocycles. The van der Waals surface area contributed by atoms with Crippen LogP contribution in [0.25, 0.3) is 22.0 Å². The number of nitrogens with one attached hydrogen (secondary N) is 3. The zero-order valence-electron chi connectivity index (χ0n) is 17.1. The minimum atomic E-state index is -1.19. The highest BCUT2D eigenvalue weighted by Crippen LogP contribution is 2.44. The highest BCUT2D eigenvalue weighted by atomic mass is 19.1. The number of para-hydroxylation sites is 1. The molecule has 2 aromatic carbocycles. The van der Waals surface area contributed by atoms with E-state index in [1.165, 1.54) is 13.2 Å². The van der Waals surface area contributed by atoms with Crippen LogP contribution in [0.2, 0.25) is 0 Å². The Morgan fingerprint density at radius 1 is 1.30 bits per heavy atom. The molecule has 0 fully saturated rings. The van der Waals surface area contributed by atoms with Crippen LogP contribution in [0.5, 0.6) is 0 Å². The number of fused-ring (bicyclic) bond motifs is 2. The molecule has 3 aromatic rings. The number of H-pyrrole nitrogens is 1. The largest absolute Gasteiger partial charge is 0.453 e. The van der Waals surface area contributed by atoms with Crippen LogP contribution in [-0.2, 0) is 4.74 Å². The number of benzene rings is 2. The number of aliphatic hydroxyl groups excluding tert-OH is 1. The quantitative estimate of drug-likeness (QED) is 0.500. The number of aromatic nitrogens is 1. The fourth-order valence-electron chi connectivity index (χ4n) is 4.12. The van der Waals surface area contributed by atoms with Crippen LogP contribution >= 0.6 is 0 Å². The number of amides is 1. The van der Waals surface area contributed by atoms with Gasteiger partial charge in [-0.15, -0.1) is 0 Å². The number of carbonyl (C=O) groups excluding carboxylic acids is 1. The number of alkyl carbamates (subject to hydrolysis) is 1. The number of carbonyl (C=O) groups is 1. The Morgan fingerprint density at radius 3 is 2.73 bits per heavy atom. The Kier molecular flexibility index (Phi) is 4.69. The van der Waals surface area contributed by atoms with Crippen LogP contribution < -0.4 is 10.6 Å². The van der Waals surface area contributed by atoms with Gasteiger partial charge in [-0.25, -0.2) is 13.6 Å². The average Bonchev–Trinajstić information content (AvgIpc) is 3.06. The summed E-state index contributed by atoms with van der Waals surface area (Å²) in [6, 6.07) is 5.30. The van der Waals surface area contributed by atoms with Crippen molar-refractivity contribution < 1.29 is 23.4 Å². The van der Waals surface area contributed by atoms with Crippen molar-refractivity contribution >= 4 is 22.7 Å². The summed E-state index contributed by atoms with van der Waals surface area (Å²) < 4.78 is 35.7. The molecule has 0 radical (unpaired) electrons. The van der Waals surface area contributed by atoms with E-state index in [0.29, 0.717) is 11.1 Å². The molecule has 0 spiro atoms. The number of rotatable bonds is 2. The third kappa shape index (κ3) is 2.99. The van der Waals surface area contributed by atoms with E-state index in [1.807, 2.05) is 13.0 Å². The van der Waals surface area contributed by atoms with E-state index >= 15 is 8.78 Å². The van der Waals surface area contributed by atoms with E-state index in [2.05, 4.69) is 20.4 Å². The van der Waals surface area contributed by atoms with Gasteiger partial charge in [0.1, 0.15) is 17.7 Å². The summed E-state index contributed by atoms with van der Waals surface area (Å²) in [6.45, 7) is 5.26. The molecule has 0 saturated carbocycles. The smallest absolute Gasteiger partial charge is 0.407 e. The summed E-state index contributed by atoms with van der Waals surface area (Å²) in [4.78, 5) is 15.0. The molecular formula is C22H23F2N3O3. The molecule has 2 heterocycles. The fourth-order valence-corrected chi connectivity index (χ4v) is 4.12. The number of hydrogen-bond acceptors (Lipinski definition) is 4. The van der Waals surface area contributed by atoms with Crippen molar-refractivity contribution in [3.63, 3.8) is 0 Å². The van der Waals surface area contributed by atoms with Crippen LogP contribution in [0, 0.1) is 18.6 Å². The normalized spacial score (nSPS) is 19.8. The van der Waals surface area contributed by atoms with Gasteiger partial charge in [0, 0.05) is 28.4 Å². The third-order valence-corrected chi connectivity index (χ3v) is 5.73. The van der Waals surface area contributed by atoms with E-state index in [9.17, 15) is 9.90 Å². The highest BCUT2D eigenvalue weighted by molar-refractivity contribution is 5.96. The number of aromatic amines is 1. The molecule has 2 unspecified atom stereocenters. The second-order valence-corrected chi connectivity index (χ2v) is 8.11. The lowest BCUT2D eigenvalue weighted by Crippen LogP contribution is -2.55. The summed E-state index contributed by atoms with van der Waals surface area (Å²) in [5.41, 5.74) is 0.880. The molecule has 4 N–H and O–H groups in total. The van der Waals surface area contributed by atoms with Crippen LogP contribution in [-0.4, -0.2) is 34.9 Å². The maximum Gasteiger partial charge on any atom is 0.407 e. The van der Waals surface area contributed by atoms with Crippen molar-refractivity contribution in [3.05, 3.63) is 53.2 Å². The molecule has 2 atom stereocenters. The SMILES string of the molecule is COC(=O)NC1c2c(cc(F)c(-c3cccc4c(C)c[nH]c34)c2F)NC(C)(C)C1O. The molecule has 0 bridgehead atoms. The summed E-state index contributed by atoms with van der Waals surface area (Å²) in [7, 11) is 1.18. The standard InChI is InChI=1S/C22H23F2N3O3/c1-10-9-25-18-11(10)6-5-7-12(18)15-13(23)8-14-16(17(15)24)19(26-21(29)30-4)20(28)22(2,3)27-14/h5-9,19-20,25,27-28H,1-4H3,(H,26,29). The molecule has 1 aliphatic heterocycles. The van der Waals surface area contributed by atoms with Gasteiger partial charge in [-0.3, -0.25) is 0 Å². The number of ether oxygens (including phenoxy) is 1. The zero-order valence-corrected chi connectivity index (χ0v) is 17.1. The molecule has 4 rings (SSSR count). The molecule has 30 heavy (non-hydrogen) atoms. The zero-order chi connectivity index (χ0) is 21.8. The molecule has 1 aliphatic rings. The van der Waals surface area contributed by atoms with Gasteiger partial charge < -0.3 is 25.5 Å². The first-order valence-electron chi connectivity index (χ1n) is 9.55. The van der Waals surface area contributed by atoms with Crippen molar-refractivity contribution in [1.82, 2.24) is 10.3 Å². The number of aliphatic hydroxyl groups is 1. The van der Waals surface area contributed by atoms with Gasteiger partial charge in [0.25, 0.3) is 0 Å².